The lowest BCUT2D eigenvalue weighted by molar-refractivity contribution is -0.145. The zero-order chi connectivity index (χ0) is 16.7. The summed E-state index contributed by atoms with van der Waals surface area (Å²) in [4.78, 5) is 25.5. The Hall–Kier alpha value is -2.24. The quantitative estimate of drug-likeness (QED) is 0.595. The van der Waals surface area contributed by atoms with E-state index in [0.717, 1.165) is 12.8 Å². The Kier molecular flexibility index (Phi) is 6.26. The standard InChI is InChI=1S/C17H23NO5/c1-3-4-10-22-17(20)18-12-14(11-15(18)16(19)21-2)23-13-8-6-5-7-9-13/h5-9,14-15H,3-4,10-12H2,1-2H3/t14?,15-/m0/s1. The first-order valence-corrected chi connectivity index (χ1v) is 7.88. The van der Waals surface area contributed by atoms with Crippen LogP contribution in [0.5, 0.6) is 5.75 Å². The molecular weight excluding hydrogens is 298 g/mol. The van der Waals surface area contributed by atoms with Crippen LogP contribution in [0.15, 0.2) is 30.3 Å². The van der Waals surface area contributed by atoms with Crippen molar-refractivity contribution in [3.63, 3.8) is 0 Å². The van der Waals surface area contributed by atoms with E-state index >= 15 is 0 Å². The molecule has 0 aliphatic carbocycles. The van der Waals surface area contributed by atoms with Crippen molar-refractivity contribution < 1.29 is 23.8 Å². The van der Waals surface area contributed by atoms with Gasteiger partial charge in [-0.15, -0.1) is 0 Å². The van der Waals surface area contributed by atoms with Crippen LogP contribution in [0, 0.1) is 0 Å². The van der Waals surface area contributed by atoms with Gasteiger partial charge >= 0.3 is 12.1 Å². The van der Waals surface area contributed by atoms with Gasteiger partial charge in [0.25, 0.3) is 0 Å². The lowest BCUT2D eigenvalue weighted by Crippen LogP contribution is -2.41. The number of likely N-dealkylation sites (tertiary alicyclic amines) is 1. The maximum absolute atomic E-state index is 12.2. The molecule has 0 N–H and O–H groups in total. The minimum absolute atomic E-state index is 0.264. The van der Waals surface area contributed by atoms with Gasteiger partial charge in [-0.25, -0.2) is 9.59 Å². The van der Waals surface area contributed by atoms with Gasteiger partial charge in [0.1, 0.15) is 17.9 Å². The third-order valence-electron chi connectivity index (χ3n) is 3.74. The highest BCUT2D eigenvalue weighted by atomic mass is 16.6. The number of carbonyl (C=O) groups excluding carboxylic acids is 2. The highest BCUT2D eigenvalue weighted by molar-refractivity contribution is 5.82. The van der Waals surface area contributed by atoms with Crippen LogP contribution in [0.25, 0.3) is 0 Å². The zero-order valence-corrected chi connectivity index (χ0v) is 13.6. The average Bonchev–Trinajstić information content (AvgIpc) is 2.99. The van der Waals surface area contributed by atoms with E-state index < -0.39 is 18.1 Å². The second kappa shape index (κ2) is 8.41. The molecule has 0 saturated carbocycles. The first kappa shape index (κ1) is 17.1. The highest BCUT2D eigenvalue weighted by Crippen LogP contribution is 2.24. The molecule has 1 unspecified atom stereocenters. The van der Waals surface area contributed by atoms with Crippen molar-refractivity contribution in [2.75, 3.05) is 20.3 Å². The fourth-order valence-electron chi connectivity index (χ4n) is 2.52. The van der Waals surface area contributed by atoms with Crippen LogP contribution in [0.4, 0.5) is 4.79 Å². The molecule has 0 bridgehead atoms. The molecule has 0 spiro atoms. The second-order valence-corrected chi connectivity index (χ2v) is 5.45. The molecule has 1 fully saturated rings. The number of hydrogen-bond donors (Lipinski definition) is 0. The van der Waals surface area contributed by atoms with Crippen LogP contribution in [0.1, 0.15) is 26.2 Å². The van der Waals surface area contributed by atoms with Gasteiger partial charge in [-0.2, -0.15) is 0 Å². The molecule has 2 atom stereocenters. The third kappa shape index (κ3) is 4.61. The third-order valence-corrected chi connectivity index (χ3v) is 3.74. The Bertz CT molecular complexity index is 519. The summed E-state index contributed by atoms with van der Waals surface area (Å²) in [6, 6.07) is 8.67. The van der Waals surface area contributed by atoms with Crippen molar-refractivity contribution in [3.05, 3.63) is 30.3 Å². The number of hydrogen-bond acceptors (Lipinski definition) is 5. The largest absolute Gasteiger partial charge is 0.488 e. The molecule has 0 radical (unpaired) electrons. The Morgan fingerprint density at radius 2 is 2.00 bits per heavy atom. The summed E-state index contributed by atoms with van der Waals surface area (Å²) < 4.78 is 15.9. The Balaban J connectivity index is 2.00. The van der Waals surface area contributed by atoms with Crippen LogP contribution in [-0.4, -0.2) is 49.4 Å². The summed E-state index contributed by atoms with van der Waals surface area (Å²) in [5, 5.41) is 0. The number of esters is 1. The van der Waals surface area contributed by atoms with Crippen LogP contribution in [-0.2, 0) is 14.3 Å². The van der Waals surface area contributed by atoms with Gasteiger partial charge < -0.3 is 14.2 Å². The van der Waals surface area contributed by atoms with E-state index in [1.54, 1.807) is 0 Å². The summed E-state index contributed by atoms with van der Waals surface area (Å²) in [7, 11) is 1.31. The number of unbranched alkanes of at least 4 members (excludes halogenated alkanes) is 1. The smallest absolute Gasteiger partial charge is 0.410 e. The topological polar surface area (TPSA) is 65.1 Å². The van der Waals surface area contributed by atoms with Gasteiger partial charge in [0, 0.05) is 6.42 Å². The maximum Gasteiger partial charge on any atom is 0.410 e. The van der Waals surface area contributed by atoms with Crippen LogP contribution >= 0.6 is 0 Å². The first-order valence-electron chi connectivity index (χ1n) is 7.88. The molecule has 1 aliphatic heterocycles. The predicted molar refractivity (Wildman–Crippen MR) is 84.2 cm³/mol. The first-order chi connectivity index (χ1) is 11.2. The van der Waals surface area contributed by atoms with Gasteiger partial charge in [-0.3, -0.25) is 4.90 Å². The van der Waals surface area contributed by atoms with E-state index in [9.17, 15) is 9.59 Å². The number of benzene rings is 1. The summed E-state index contributed by atoms with van der Waals surface area (Å²) in [6.45, 7) is 2.67. The maximum atomic E-state index is 12.2. The Morgan fingerprint density at radius 1 is 1.26 bits per heavy atom. The van der Waals surface area contributed by atoms with E-state index in [1.165, 1.54) is 12.0 Å². The molecule has 126 valence electrons. The lowest BCUT2D eigenvalue weighted by Gasteiger charge is -2.21. The molecule has 1 aliphatic rings. The highest BCUT2D eigenvalue weighted by Gasteiger charge is 2.42. The van der Waals surface area contributed by atoms with Crippen LogP contribution in [0.2, 0.25) is 0 Å². The molecule has 6 nitrogen and oxygen atoms in total. The Morgan fingerprint density at radius 3 is 2.65 bits per heavy atom. The number of para-hydroxylation sites is 1. The zero-order valence-electron chi connectivity index (χ0n) is 13.6. The second-order valence-electron chi connectivity index (χ2n) is 5.45. The van der Waals surface area contributed by atoms with E-state index in [1.807, 2.05) is 37.3 Å². The number of ether oxygens (including phenoxy) is 3. The van der Waals surface area contributed by atoms with E-state index in [0.29, 0.717) is 25.3 Å². The molecule has 23 heavy (non-hydrogen) atoms. The molecule has 1 saturated heterocycles. The lowest BCUT2D eigenvalue weighted by atomic mass is 10.2. The van der Waals surface area contributed by atoms with Crippen molar-refractivity contribution in [2.45, 2.75) is 38.3 Å². The molecule has 1 aromatic carbocycles. The van der Waals surface area contributed by atoms with Gasteiger partial charge in [0.2, 0.25) is 0 Å². The predicted octanol–water partition coefficient (Wildman–Crippen LogP) is 2.62. The minimum Gasteiger partial charge on any atom is -0.488 e. The summed E-state index contributed by atoms with van der Waals surface area (Å²) in [6.07, 6.45) is 1.37. The molecule has 1 amide bonds. The SMILES string of the molecule is CCCCOC(=O)N1CC(Oc2ccccc2)C[C@H]1C(=O)OC. The fourth-order valence-corrected chi connectivity index (χ4v) is 2.52. The molecule has 1 heterocycles. The number of nitrogens with zero attached hydrogens (tertiary/aromatic N) is 1. The van der Waals surface area contributed by atoms with E-state index in [-0.39, 0.29) is 6.10 Å². The van der Waals surface area contributed by atoms with Gasteiger partial charge in [-0.05, 0) is 18.6 Å². The number of rotatable bonds is 6. The molecular formula is C17H23NO5. The number of amides is 1. The molecule has 1 aromatic rings. The molecule has 2 rings (SSSR count). The Labute approximate surface area is 136 Å². The summed E-state index contributed by atoms with van der Waals surface area (Å²) >= 11 is 0. The number of methoxy groups -OCH3 is 1. The minimum atomic E-state index is -0.664. The van der Waals surface area contributed by atoms with Crippen LogP contribution in [0.3, 0.4) is 0 Å². The van der Waals surface area contributed by atoms with Crippen molar-refractivity contribution in [1.82, 2.24) is 4.90 Å². The van der Waals surface area contributed by atoms with Crippen molar-refractivity contribution in [1.29, 1.82) is 0 Å². The summed E-state index contributed by atoms with van der Waals surface area (Å²) in [5.41, 5.74) is 0. The van der Waals surface area contributed by atoms with Crippen molar-refractivity contribution in [2.24, 2.45) is 0 Å². The van der Waals surface area contributed by atoms with Crippen molar-refractivity contribution >= 4 is 12.1 Å². The van der Waals surface area contributed by atoms with Crippen LogP contribution < -0.4 is 4.74 Å². The monoisotopic (exact) mass is 321 g/mol. The fraction of sp³-hybridized carbons (Fsp3) is 0.529. The average molecular weight is 321 g/mol. The number of carbonyl (C=O) groups is 2. The van der Waals surface area contributed by atoms with Gasteiger partial charge in [0.05, 0.1) is 20.3 Å². The van der Waals surface area contributed by atoms with Crippen molar-refractivity contribution in [3.8, 4) is 5.75 Å². The normalized spacial score (nSPS) is 20.2. The van der Waals surface area contributed by atoms with Gasteiger partial charge in [-0.1, -0.05) is 31.5 Å². The summed E-state index contributed by atoms with van der Waals surface area (Å²) in [5.74, 6) is 0.263. The van der Waals surface area contributed by atoms with Gasteiger partial charge in [0.15, 0.2) is 0 Å². The molecule has 6 heteroatoms. The van der Waals surface area contributed by atoms with E-state index in [2.05, 4.69) is 0 Å². The van der Waals surface area contributed by atoms with E-state index in [4.69, 9.17) is 14.2 Å². The molecule has 0 aromatic heterocycles.